The Balaban J connectivity index is 3.02. The molecule has 1 heterocycles. The maximum Gasteiger partial charge on any atom is 0.431 e. The van der Waals surface area contributed by atoms with Crippen LogP contribution >= 0.6 is 0 Å². The summed E-state index contributed by atoms with van der Waals surface area (Å²) >= 11 is 0. The zero-order chi connectivity index (χ0) is 16.2. The summed E-state index contributed by atoms with van der Waals surface area (Å²) < 4.78 is 128. The highest BCUT2D eigenvalue weighted by molar-refractivity contribution is 8.24. The van der Waals surface area contributed by atoms with Crippen LogP contribution in [0.15, 0.2) is 0 Å². The highest BCUT2D eigenvalue weighted by Crippen LogP contribution is 2.50. The Morgan fingerprint density at radius 1 is 0.800 bits per heavy atom. The summed E-state index contributed by atoms with van der Waals surface area (Å²) in [6, 6.07) is 0. The van der Waals surface area contributed by atoms with E-state index in [9.17, 15) is 47.6 Å². The van der Waals surface area contributed by atoms with Crippen LogP contribution in [0.3, 0.4) is 0 Å². The summed E-state index contributed by atoms with van der Waals surface area (Å²) in [5.74, 6) is 0. The summed E-state index contributed by atoms with van der Waals surface area (Å²) in [7, 11) is -8.67. The first-order chi connectivity index (χ1) is 8.55. The quantitative estimate of drug-likeness (QED) is 0.726. The molecule has 20 heavy (non-hydrogen) atoms. The van der Waals surface area contributed by atoms with Gasteiger partial charge < -0.3 is 0 Å². The number of hydrogen-bond acceptors (Lipinski definition) is 4. The Morgan fingerprint density at radius 3 is 1.40 bits per heavy atom. The Kier molecular flexibility index (Phi) is 3.89. The van der Waals surface area contributed by atoms with Crippen molar-refractivity contribution in [2.24, 2.45) is 0 Å². The van der Waals surface area contributed by atoms with Gasteiger partial charge in [-0.25, -0.2) is 21.2 Å². The second-order valence-corrected chi connectivity index (χ2v) is 9.24. The van der Waals surface area contributed by atoms with Gasteiger partial charge in [0.1, 0.15) is 0 Å². The summed E-state index contributed by atoms with van der Waals surface area (Å²) in [5.41, 5.74) is -5.65. The van der Waals surface area contributed by atoms with Crippen LogP contribution in [0, 0.1) is 0 Å². The zero-order valence-corrected chi connectivity index (χ0v) is 10.9. The molecule has 1 rings (SSSR count). The van der Waals surface area contributed by atoms with E-state index < -0.39 is 60.2 Å². The van der Waals surface area contributed by atoms with Crippen LogP contribution in [0.1, 0.15) is 12.8 Å². The maximum absolute atomic E-state index is 13.2. The number of hydrogen-bond donors (Lipinski definition) is 0. The number of halogens is 7. The molecule has 1 saturated heterocycles. The number of sulfone groups is 2. The van der Waals surface area contributed by atoms with Crippen LogP contribution in [-0.2, 0) is 19.7 Å². The van der Waals surface area contributed by atoms with Crippen LogP contribution < -0.4 is 0 Å². The minimum Gasteiger partial charge on any atom is -0.226 e. The van der Waals surface area contributed by atoms with Crippen molar-refractivity contribution in [1.29, 1.82) is 0 Å². The molecule has 0 aromatic rings. The van der Waals surface area contributed by atoms with Crippen LogP contribution in [0.25, 0.3) is 0 Å². The largest absolute Gasteiger partial charge is 0.431 e. The van der Waals surface area contributed by atoms with Gasteiger partial charge in [-0.2, -0.15) is 26.3 Å². The molecule has 1 aliphatic heterocycles. The lowest BCUT2D eigenvalue weighted by molar-refractivity contribution is -0.343. The Bertz CT molecular complexity index is 540. The van der Waals surface area contributed by atoms with Crippen molar-refractivity contribution in [3.63, 3.8) is 0 Å². The molecule has 0 radical (unpaired) electrons. The van der Waals surface area contributed by atoms with E-state index >= 15 is 0 Å². The molecule has 0 aromatic carbocycles. The van der Waals surface area contributed by atoms with Gasteiger partial charge in [0, 0.05) is 6.42 Å². The standard InChI is InChI=1S/C7H7F7O4S2/c8-5(6(9,10)11,7(12,13)14)2-1-4-19(15,16)3-20(4,17)18/h4H,1-3H2. The molecular formula is C7H7F7O4S2. The van der Waals surface area contributed by atoms with E-state index in [1.54, 1.807) is 0 Å². The molecule has 120 valence electrons. The third kappa shape index (κ3) is 2.73. The lowest BCUT2D eigenvalue weighted by atomic mass is 9.99. The van der Waals surface area contributed by atoms with Crippen molar-refractivity contribution in [3.05, 3.63) is 0 Å². The fourth-order valence-corrected chi connectivity index (χ4v) is 6.84. The molecule has 0 spiro atoms. The van der Waals surface area contributed by atoms with Gasteiger partial charge >= 0.3 is 12.4 Å². The van der Waals surface area contributed by atoms with Crippen molar-refractivity contribution in [2.75, 3.05) is 5.08 Å². The Labute approximate surface area is 108 Å². The summed E-state index contributed by atoms with van der Waals surface area (Å²) in [4.78, 5) is 0. The van der Waals surface area contributed by atoms with E-state index in [2.05, 4.69) is 0 Å². The Morgan fingerprint density at radius 2 is 1.15 bits per heavy atom. The smallest absolute Gasteiger partial charge is 0.226 e. The second kappa shape index (κ2) is 4.45. The van der Waals surface area contributed by atoms with E-state index in [1.807, 2.05) is 0 Å². The predicted molar refractivity (Wildman–Crippen MR) is 51.7 cm³/mol. The molecule has 0 amide bonds. The molecule has 1 aliphatic rings. The van der Waals surface area contributed by atoms with Crippen LogP contribution in [0.2, 0.25) is 0 Å². The minimum atomic E-state index is -6.33. The van der Waals surface area contributed by atoms with Crippen molar-refractivity contribution >= 4 is 19.7 Å². The van der Waals surface area contributed by atoms with Gasteiger partial charge in [0.2, 0.25) is 0 Å². The number of rotatable bonds is 3. The SMILES string of the molecule is O=S1(=O)CS(=O)(=O)C1CCC(F)(C(F)(F)F)C(F)(F)F. The minimum absolute atomic E-state index is 1.36. The average molecular weight is 352 g/mol. The molecular weight excluding hydrogens is 345 g/mol. The van der Waals surface area contributed by atoms with E-state index in [0.717, 1.165) is 0 Å². The second-order valence-electron chi connectivity index (χ2n) is 4.21. The third-order valence-corrected chi connectivity index (χ3v) is 9.21. The predicted octanol–water partition coefficient (Wildman–Crippen LogP) is 1.73. The highest BCUT2D eigenvalue weighted by atomic mass is 32.3. The van der Waals surface area contributed by atoms with Crippen molar-refractivity contribution in [3.8, 4) is 0 Å². The maximum atomic E-state index is 13.2. The summed E-state index contributed by atoms with van der Waals surface area (Å²) in [5, 5.41) is -1.36. The Hall–Kier alpha value is -0.590. The molecule has 0 saturated carbocycles. The van der Waals surface area contributed by atoms with E-state index in [0.29, 0.717) is 0 Å². The van der Waals surface area contributed by atoms with E-state index in [4.69, 9.17) is 0 Å². The van der Waals surface area contributed by atoms with Gasteiger partial charge in [0.05, 0.1) is 0 Å². The fraction of sp³-hybridized carbons (Fsp3) is 1.00. The van der Waals surface area contributed by atoms with Crippen molar-refractivity contribution < 1.29 is 47.6 Å². The lowest BCUT2D eigenvalue weighted by Gasteiger charge is -2.32. The van der Waals surface area contributed by atoms with Crippen molar-refractivity contribution in [2.45, 2.75) is 35.4 Å². The van der Waals surface area contributed by atoms with Crippen LogP contribution in [0.4, 0.5) is 30.7 Å². The fourth-order valence-electron chi connectivity index (χ4n) is 1.65. The van der Waals surface area contributed by atoms with Gasteiger partial charge in [0.25, 0.3) is 5.67 Å². The van der Waals surface area contributed by atoms with E-state index in [-0.39, 0.29) is 0 Å². The molecule has 0 unspecified atom stereocenters. The van der Waals surface area contributed by atoms with Gasteiger partial charge in [-0.05, 0) is 6.42 Å². The summed E-state index contributed by atoms with van der Waals surface area (Å²) in [6.07, 6.45) is -16.6. The van der Waals surface area contributed by atoms with Gasteiger partial charge in [0.15, 0.2) is 29.3 Å². The monoisotopic (exact) mass is 352 g/mol. The molecule has 13 heteroatoms. The number of alkyl halides is 7. The summed E-state index contributed by atoms with van der Waals surface area (Å²) in [6.45, 7) is 0. The van der Waals surface area contributed by atoms with Gasteiger partial charge in [-0.15, -0.1) is 0 Å². The molecule has 0 atom stereocenters. The molecule has 0 bridgehead atoms. The first-order valence-electron chi connectivity index (χ1n) is 4.80. The molecule has 0 aliphatic carbocycles. The van der Waals surface area contributed by atoms with E-state index in [1.165, 1.54) is 0 Å². The van der Waals surface area contributed by atoms with Gasteiger partial charge in [-0.3, -0.25) is 0 Å². The molecule has 0 aromatic heterocycles. The lowest BCUT2D eigenvalue weighted by Crippen LogP contribution is -2.55. The normalized spacial score (nSPS) is 23.4. The van der Waals surface area contributed by atoms with Gasteiger partial charge in [-0.1, -0.05) is 0 Å². The molecule has 4 nitrogen and oxygen atoms in total. The topological polar surface area (TPSA) is 68.3 Å². The third-order valence-electron chi connectivity index (χ3n) is 2.75. The van der Waals surface area contributed by atoms with Crippen molar-refractivity contribution in [1.82, 2.24) is 0 Å². The molecule has 0 N–H and O–H groups in total. The highest BCUT2D eigenvalue weighted by Gasteiger charge is 2.72. The zero-order valence-electron chi connectivity index (χ0n) is 9.29. The average Bonchev–Trinajstić information content (AvgIpc) is 2.10. The first-order valence-corrected chi connectivity index (χ1v) is 8.23. The van der Waals surface area contributed by atoms with Crippen LogP contribution in [-0.4, -0.2) is 44.5 Å². The van der Waals surface area contributed by atoms with Crippen LogP contribution in [0.5, 0.6) is 0 Å². The molecule has 1 fully saturated rings. The first kappa shape index (κ1) is 17.5.